The van der Waals surface area contributed by atoms with Crippen LogP contribution in [0.3, 0.4) is 0 Å². The van der Waals surface area contributed by atoms with Crippen LogP contribution in [-0.4, -0.2) is 42.4 Å². The van der Waals surface area contributed by atoms with Crippen LogP contribution in [0.25, 0.3) is 0 Å². The molecule has 0 aliphatic carbocycles. The molecule has 0 bridgehead atoms. The van der Waals surface area contributed by atoms with Crippen molar-refractivity contribution in [2.75, 3.05) is 26.7 Å². The Labute approximate surface area is 132 Å². The Balaban J connectivity index is 0.00000361. The van der Waals surface area contributed by atoms with Gasteiger partial charge in [0.2, 0.25) is 0 Å². The quantitative estimate of drug-likeness (QED) is 0.569. The summed E-state index contributed by atoms with van der Waals surface area (Å²) in [5.41, 5.74) is 0. The standard InChI is InChI=1S/C16H33N3.ClH/c1-3-4-5-6-7-8-9-10-11-12-13-19-15-14-18(2)16(19)17;/h17H,3-15H2,1-2H3;1H. The van der Waals surface area contributed by atoms with E-state index >= 15 is 0 Å². The van der Waals surface area contributed by atoms with Gasteiger partial charge in [-0.15, -0.1) is 12.4 Å². The lowest BCUT2D eigenvalue weighted by Gasteiger charge is -2.18. The number of guanidine groups is 1. The fourth-order valence-electron chi connectivity index (χ4n) is 2.73. The van der Waals surface area contributed by atoms with Crippen LogP contribution in [0.5, 0.6) is 0 Å². The lowest BCUT2D eigenvalue weighted by molar-refractivity contribution is 0.431. The summed E-state index contributed by atoms with van der Waals surface area (Å²) in [6, 6.07) is 0. The number of unbranched alkanes of at least 4 members (excludes halogenated alkanes) is 9. The SMILES string of the molecule is CCCCCCCCCCCCN1CCN(C)C1=N.Cl. The van der Waals surface area contributed by atoms with Crippen LogP contribution in [0, 0.1) is 5.41 Å². The number of hydrogen-bond donors (Lipinski definition) is 1. The second-order valence-electron chi connectivity index (χ2n) is 5.91. The van der Waals surface area contributed by atoms with Gasteiger partial charge in [0.15, 0.2) is 5.96 Å². The van der Waals surface area contributed by atoms with Crippen LogP contribution in [0.15, 0.2) is 0 Å². The van der Waals surface area contributed by atoms with E-state index < -0.39 is 0 Å². The third-order valence-electron chi connectivity index (χ3n) is 4.15. The topological polar surface area (TPSA) is 30.3 Å². The minimum Gasteiger partial charge on any atom is -0.344 e. The molecule has 1 N–H and O–H groups in total. The van der Waals surface area contributed by atoms with Crippen LogP contribution in [-0.2, 0) is 0 Å². The summed E-state index contributed by atoms with van der Waals surface area (Å²) in [5, 5.41) is 7.89. The fourth-order valence-corrected chi connectivity index (χ4v) is 2.73. The Morgan fingerprint density at radius 1 is 0.850 bits per heavy atom. The molecule has 1 rings (SSSR count). The molecule has 0 spiro atoms. The zero-order chi connectivity index (χ0) is 13.9. The lowest BCUT2D eigenvalue weighted by Crippen LogP contribution is -2.30. The molecule has 1 saturated heterocycles. The van der Waals surface area contributed by atoms with Gasteiger partial charge >= 0.3 is 0 Å². The predicted molar refractivity (Wildman–Crippen MR) is 91.0 cm³/mol. The molecule has 1 aliphatic heterocycles. The molecule has 0 saturated carbocycles. The van der Waals surface area contributed by atoms with E-state index in [-0.39, 0.29) is 12.4 Å². The third kappa shape index (κ3) is 7.98. The highest BCUT2D eigenvalue weighted by Gasteiger charge is 2.20. The van der Waals surface area contributed by atoms with Gasteiger partial charge in [-0.1, -0.05) is 64.7 Å². The van der Waals surface area contributed by atoms with Crippen molar-refractivity contribution in [3.63, 3.8) is 0 Å². The Bertz CT molecular complexity index is 246. The average molecular weight is 304 g/mol. The van der Waals surface area contributed by atoms with Crippen molar-refractivity contribution in [2.24, 2.45) is 0 Å². The summed E-state index contributed by atoms with van der Waals surface area (Å²) in [6.45, 7) is 5.43. The van der Waals surface area contributed by atoms with Crippen LogP contribution in [0.2, 0.25) is 0 Å². The monoisotopic (exact) mass is 303 g/mol. The predicted octanol–water partition coefficient (Wildman–Crippen LogP) is 4.51. The van der Waals surface area contributed by atoms with Gasteiger partial charge in [0, 0.05) is 26.7 Å². The molecule has 0 aromatic carbocycles. The van der Waals surface area contributed by atoms with E-state index in [1.54, 1.807) is 0 Å². The van der Waals surface area contributed by atoms with Crippen molar-refractivity contribution in [1.29, 1.82) is 5.41 Å². The summed E-state index contributed by atoms with van der Waals surface area (Å²) < 4.78 is 0. The molecule has 0 aromatic rings. The van der Waals surface area contributed by atoms with Gasteiger partial charge in [0.25, 0.3) is 0 Å². The normalized spacial score (nSPS) is 14.8. The van der Waals surface area contributed by atoms with Crippen LogP contribution >= 0.6 is 12.4 Å². The van der Waals surface area contributed by atoms with Crippen molar-refractivity contribution in [3.05, 3.63) is 0 Å². The molecule has 0 unspecified atom stereocenters. The Hall–Kier alpha value is -0.440. The number of nitrogens with one attached hydrogen (secondary N) is 1. The third-order valence-corrected chi connectivity index (χ3v) is 4.15. The summed E-state index contributed by atoms with van der Waals surface area (Å²) in [5.74, 6) is 0.718. The molecule has 1 heterocycles. The number of halogens is 1. The first-order valence-corrected chi connectivity index (χ1v) is 8.30. The molecule has 1 aliphatic rings. The second kappa shape index (κ2) is 12.3. The van der Waals surface area contributed by atoms with Gasteiger partial charge in [0.05, 0.1) is 0 Å². The highest BCUT2D eigenvalue weighted by atomic mass is 35.5. The first kappa shape index (κ1) is 19.6. The van der Waals surface area contributed by atoms with Crippen LogP contribution < -0.4 is 0 Å². The van der Waals surface area contributed by atoms with E-state index in [4.69, 9.17) is 5.41 Å². The smallest absolute Gasteiger partial charge is 0.193 e. The Morgan fingerprint density at radius 3 is 1.80 bits per heavy atom. The Morgan fingerprint density at radius 2 is 1.35 bits per heavy atom. The van der Waals surface area contributed by atoms with Crippen molar-refractivity contribution < 1.29 is 0 Å². The average Bonchev–Trinajstić information content (AvgIpc) is 2.73. The van der Waals surface area contributed by atoms with Crippen molar-refractivity contribution >= 4 is 18.4 Å². The summed E-state index contributed by atoms with van der Waals surface area (Å²) in [7, 11) is 2.01. The highest BCUT2D eigenvalue weighted by Crippen LogP contribution is 2.12. The number of nitrogens with zero attached hydrogens (tertiary/aromatic N) is 2. The van der Waals surface area contributed by atoms with Gasteiger partial charge in [-0.2, -0.15) is 0 Å². The van der Waals surface area contributed by atoms with Gasteiger partial charge < -0.3 is 9.80 Å². The van der Waals surface area contributed by atoms with E-state index in [0.717, 1.165) is 25.6 Å². The largest absolute Gasteiger partial charge is 0.344 e. The Kier molecular flexibility index (Phi) is 12.0. The van der Waals surface area contributed by atoms with Gasteiger partial charge in [-0.05, 0) is 6.42 Å². The molecule has 20 heavy (non-hydrogen) atoms. The summed E-state index contributed by atoms with van der Waals surface area (Å²) >= 11 is 0. The van der Waals surface area contributed by atoms with E-state index in [0.29, 0.717) is 0 Å². The molecule has 0 radical (unpaired) electrons. The number of rotatable bonds is 11. The van der Waals surface area contributed by atoms with Gasteiger partial charge in [-0.3, -0.25) is 5.41 Å². The molecule has 120 valence electrons. The number of likely N-dealkylation sites (N-methyl/N-ethyl adjacent to an activating group) is 1. The minimum atomic E-state index is 0. The summed E-state index contributed by atoms with van der Waals surface area (Å²) in [6.07, 6.45) is 13.9. The van der Waals surface area contributed by atoms with Gasteiger partial charge in [-0.25, -0.2) is 0 Å². The first-order chi connectivity index (χ1) is 9.25. The fraction of sp³-hybridized carbons (Fsp3) is 0.938. The van der Waals surface area contributed by atoms with Crippen molar-refractivity contribution in [2.45, 2.75) is 71.1 Å². The molecule has 4 heteroatoms. The van der Waals surface area contributed by atoms with E-state index in [1.807, 2.05) is 11.9 Å². The van der Waals surface area contributed by atoms with Crippen LogP contribution in [0.4, 0.5) is 0 Å². The highest BCUT2D eigenvalue weighted by molar-refractivity contribution is 5.85. The molecular formula is C16H34ClN3. The minimum absolute atomic E-state index is 0. The summed E-state index contributed by atoms with van der Waals surface area (Å²) in [4.78, 5) is 4.25. The molecule has 3 nitrogen and oxygen atoms in total. The maximum Gasteiger partial charge on any atom is 0.193 e. The van der Waals surface area contributed by atoms with Crippen molar-refractivity contribution in [3.8, 4) is 0 Å². The lowest BCUT2D eigenvalue weighted by atomic mass is 10.1. The molecular weight excluding hydrogens is 270 g/mol. The van der Waals surface area contributed by atoms with E-state index in [1.165, 1.54) is 64.2 Å². The van der Waals surface area contributed by atoms with E-state index in [2.05, 4.69) is 11.8 Å². The molecule has 0 atom stereocenters. The second-order valence-corrected chi connectivity index (χ2v) is 5.91. The van der Waals surface area contributed by atoms with Gasteiger partial charge in [0.1, 0.15) is 0 Å². The van der Waals surface area contributed by atoms with Crippen LogP contribution in [0.1, 0.15) is 71.1 Å². The maximum atomic E-state index is 7.89. The van der Waals surface area contributed by atoms with E-state index in [9.17, 15) is 0 Å². The first-order valence-electron chi connectivity index (χ1n) is 8.30. The molecule has 1 fully saturated rings. The van der Waals surface area contributed by atoms with Crippen molar-refractivity contribution in [1.82, 2.24) is 9.80 Å². The maximum absolute atomic E-state index is 7.89. The molecule has 0 amide bonds. The zero-order valence-corrected chi connectivity index (χ0v) is 14.3. The molecule has 0 aromatic heterocycles. The number of hydrogen-bond acceptors (Lipinski definition) is 1. The zero-order valence-electron chi connectivity index (χ0n) is 13.5.